The molecule has 9 heteroatoms. The number of amides is 1. The molecule has 1 fully saturated rings. The zero-order valence-corrected chi connectivity index (χ0v) is 13.9. The molecule has 1 aliphatic rings. The van der Waals surface area contributed by atoms with E-state index >= 15 is 0 Å². The Balaban J connectivity index is 0.00000192. The van der Waals surface area contributed by atoms with Gasteiger partial charge in [0.15, 0.2) is 0 Å². The minimum absolute atomic E-state index is 0. The highest BCUT2D eigenvalue weighted by Crippen LogP contribution is 2.19. The van der Waals surface area contributed by atoms with E-state index in [1.165, 1.54) is 12.1 Å². The quantitative estimate of drug-likeness (QED) is 0.871. The first-order valence-electron chi connectivity index (χ1n) is 6.84. The summed E-state index contributed by atoms with van der Waals surface area (Å²) in [4.78, 5) is 16.2. The molecule has 1 aromatic heterocycles. The Morgan fingerprint density at radius 2 is 2.39 bits per heavy atom. The number of carbonyl (C=O) groups excluding carboxylic acids is 1. The molecule has 23 heavy (non-hydrogen) atoms. The largest absolute Gasteiger partial charge is 0.343 e. The van der Waals surface area contributed by atoms with Crippen LogP contribution in [-0.2, 0) is 4.79 Å². The van der Waals surface area contributed by atoms with E-state index < -0.39 is 6.04 Å². The van der Waals surface area contributed by atoms with Crippen molar-refractivity contribution in [2.45, 2.75) is 19.0 Å². The van der Waals surface area contributed by atoms with Crippen LogP contribution in [0.25, 0.3) is 11.4 Å². The lowest BCUT2D eigenvalue weighted by atomic mass is 10.2. The number of nitrogens with zero attached hydrogens (tertiary/aromatic N) is 2. The first-order valence-corrected chi connectivity index (χ1v) is 8.00. The summed E-state index contributed by atoms with van der Waals surface area (Å²) in [5.41, 5.74) is 0.530. The molecule has 2 heterocycles. The predicted octanol–water partition coefficient (Wildman–Crippen LogP) is 2.14. The number of thioether (sulfide) groups is 1. The first-order chi connectivity index (χ1) is 10.6. The van der Waals surface area contributed by atoms with E-state index in [2.05, 4.69) is 20.8 Å². The Hall–Kier alpha value is -1.64. The highest BCUT2D eigenvalue weighted by atomic mass is 35.5. The molecular formula is C14H16ClFN4O2S. The van der Waals surface area contributed by atoms with Gasteiger partial charge in [0.05, 0.1) is 6.04 Å². The number of aromatic nitrogens is 2. The molecular weight excluding hydrogens is 343 g/mol. The highest BCUT2D eigenvalue weighted by molar-refractivity contribution is 7.99. The number of rotatable bonds is 4. The van der Waals surface area contributed by atoms with E-state index in [-0.39, 0.29) is 30.2 Å². The molecule has 1 aromatic carbocycles. The van der Waals surface area contributed by atoms with Gasteiger partial charge in [-0.15, -0.1) is 24.2 Å². The van der Waals surface area contributed by atoms with Gasteiger partial charge in [0.25, 0.3) is 0 Å². The SMILES string of the molecule is CC(NC(=O)C1CSCN1)c1nc(-c2cccc(F)c2)no1.Cl. The Morgan fingerprint density at radius 3 is 3.09 bits per heavy atom. The van der Waals surface area contributed by atoms with E-state index in [4.69, 9.17) is 4.52 Å². The number of nitrogens with one attached hydrogen (secondary N) is 2. The van der Waals surface area contributed by atoms with Gasteiger partial charge in [-0.2, -0.15) is 4.98 Å². The van der Waals surface area contributed by atoms with Crippen molar-refractivity contribution >= 4 is 30.1 Å². The van der Waals surface area contributed by atoms with Crippen LogP contribution in [0.4, 0.5) is 4.39 Å². The fourth-order valence-corrected chi connectivity index (χ4v) is 3.04. The van der Waals surface area contributed by atoms with Crippen LogP contribution in [-0.4, -0.2) is 33.7 Å². The number of hydrogen-bond donors (Lipinski definition) is 2. The lowest BCUT2D eigenvalue weighted by Gasteiger charge is -2.13. The molecule has 6 nitrogen and oxygen atoms in total. The molecule has 2 N–H and O–H groups in total. The zero-order valence-electron chi connectivity index (χ0n) is 12.3. The van der Waals surface area contributed by atoms with E-state index in [1.807, 2.05) is 0 Å². The normalized spacial score (nSPS) is 18.3. The molecule has 2 atom stereocenters. The summed E-state index contributed by atoms with van der Waals surface area (Å²) in [5, 5.41) is 9.75. The van der Waals surface area contributed by atoms with Crippen LogP contribution in [0.1, 0.15) is 18.9 Å². The fourth-order valence-electron chi connectivity index (χ4n) is 2.10. The topological polar surface area (TPSA) is 80.0 Å². The summed E-state index contributed by atoms with van der Waals surface area (Å²) >= 11 is 1.68. The first kappa shape index (κ1) is 17.7. The second-order valence-electron chi connectivity index (χ2n) is 4.97. The van der Waals surface area contributed by atoms with Crippen molar-refractivity contribution in [2.75, 3.05) is 11.6 Å². The van der Waals surface area contributed by atoms with E-state index in [1.54, 1.807) is 30.8 Å². The standard InChI is InChI=1S/C14H15FN4O2S.ClH/c1-8(17-13(20)11-6-22-7-16-11)14-18-12(19-21-14)9-3-2-4-10(15)5-9;/h2-5,8,11,16H,6-7H2,1H3,(H,17,20);1H. The summed E-state index contributed by atoms with van der Waals surface area (Å²) in [6, 6.07) is 5.35. The molecule has 2 unspecified atom stereocenters. The maximum Gasteiger partial charge on any atom is 0.249 e. The molecule has 2 aromatic rings. The van der Waals surface area contributed by atoms with Gasteiger partial charge >= 0.3 is 0 Å². The minimum atomic E-state index is -0.408. The van der Waals surface area contributed by atoms with Crippen LogP contribution < -0.4 is 10.6 Å². The van der Waals surface area contributed by atoms with Crippen molar-refractivity contribution in [3.63, 3.8) is 0 Å². The van der Waals surface area contributed by atoms with Gasteiger partial charge in [-0.1, -0.05) is 17.3 Å². The van der Waals surface area contributed by atoms with Crippen LogP contribution in [0.3, 0.4) is 0 Å². The Labute approximate surface area is 143 Å². The van der Waals surface area contributed by atoms with E-state index in [9.17, 15) is 9.18 Å². The third-order valence-electron chi connectivity index (χ3n) is 3.29. The molecule has 1 saturated heterocycles. The smallest absolute Gasteiger partial charge is 0.249 e. The molecule has 0 aliphatic carbocycles. The zero-order chi connectivity index (χ0) is 15.5. The molecule has 1 amide bonds. The molecule has 0 radical (unpaired) electrons. The number of carbonyl (C=O) groups is 1. The lowest BCUT2D eigenvalue weighted by molar-refractivity contribution is -0.123. The molecule has 0 bridgehead atoms. The van der Waals surface area contributed by atoms with Crippen LogP contribution >= 0.6 is 24.2 Å². The lowest BCUT2D eigenvalue weighted by Crippen LogP contribution is -2.43. The van der Waals surface area contributed by atoms with Gasteiger partial charge in [-0.25, -0.2) is 4.39 Å². The summed E-state index contributed by atoms with van der Waals surface area (Å²) in [6.45, 7) is 1.77. The van der Waals surface area contributed by atoms with Gasteiger partial charge in [0, 0.05) is 17.2 Å². The molecule has 3 rings (SSSR count). The van der Waals surface area contributed by atoms with Crippen molar-refractivity contribution < 1.29 is 13.7 Å². The number of benzene rings is 1. The van der Waals surface area contributed by atoms with Gasteiger partial charge < -0.3 is 9.84 Å². The van der Waals surface area contributed by atoms with Crippen LogP contribution in [0, 0.1) is 5.82 Å². The maximum absolute atomic E-state index is 13.2. The van der Waals surface area contributed by atoms with Gasteiger partial charge in [-0.3, -0.25) is 10.1 Å². The molecule has 124 valence electrons. The van der Waals surface area contributed by atoms with Crippen molar-refractivity contribution in [1.29, 1.82) is 0 Å². The molecule has 0 saturated carbocycles. The second kappa shape index (κ2) is 7.76. The average molecular weight is 359 g/mol. The fraction of sp³-hybridized carbons (Fsp3) is 0.357. The highest BCUT2D eigenvalue weighted by Gasteiger charge is 2.25. The Morgan fingerprint density at radius 1 is 1.57 bits per heavy atom. The second-order valence-corrected chi connectivity index (χ2v) is 6.00. The third-order valence-corrected chi connectivity index (χ3v) is 4.23. The number of hydrogen-bond acceptors (Lipinski definition) is 6. The van der Waals surface area contributed by atoms with Crippen LogP contribution in [0.2, 0.25) is 0 Å². The van der Waals surface area contributed by atoms with Crippen LogP contribution in [0.5, 0.6) is 0 Å². The summed E-state index contributed by atoms with van der Waals surface area (Å²) < 4.78 is 18.4. The van der Waals surface area contributed by atoms with Crippen LogP contribution in [0.15, 0.2) is 28.8 Å². The van der Waals surface area contributed by atoms with Gasteiger partial charge in [-0.05, 0) is 19.1 Å². The van der Waals surface area contributed by atoms with Gasteiger partial charge in [0.1, 0.15) is 11.9 Å². The van der Waals surface area contributed by atoms with Crippen molar-refractivity contribution in [1.82, 2.24) is 20.8 Å². The predicted molar refractivity (Wildman–Crippen MR) is 87.7 cm³/mol. The number of halogens is 2. The van der Waals surface area contributed by atoms with E-state index in [0.29, 0.717) is 17.3 Å². The molecule has 1 aliphatic heterocycles. The third kappa shape index (κ3) is 4.21. The average Bonchev–Trinajstić information content (AvgIpc) is 3.19. The maximum atomic E-state index is 13.2. The van der Waals surface area contributed by atoms with Gasteiger partial charge in [0.2, 0.25) is 17.6 Å². The Kier molecular flexibility index (Phi) is 5.97. The summed E-state index contributed by atoms with van der Waals surface area (Å²) in [7, 11) is 0. The molecule has 0 spiro atoms. The van der Waals surface area contributed by atoms with Crippen molar-refractivity contribution in [2.24, 2.45) is 0 Å². The summed E-state index contributed by atoms with van der Waals surface area (Å²) in [5.74, 6) is 1.65. The van der Waals surface area contributed by atoms with Crippen molar-refractivity contribution in [3.8, 4) is 11.4 Å². The van der Waals surface area contributed by atoms with E-state index in [0.717, 1.165) is 11.6 Å². The minimum Gasteiger partial charge on any atom is -0.343 e. The summed E-state index contributed by atoms with van der Waals surface area (Å²) in [6.07, 6.45) is 0. The van der Waals surface area contributed by atoms with Crippen molar-refractivity contribution in [3.05, 3.63) is 36.0 Å². The monoisotopic (exact) mass is 358 g/mol. The Bertz CT molecular complexity index is 678.